The summed E-state index contributed by atoms with van der Waals surface area (Å²) in [7, 11) is 0. The number of hydrogen-bond donors (Lipinski definition) is 2. The van der Waals surface area contributed by atoms with Crippen LogP contribution in [0.25, 0.3) is 0 Å². The number of nitrogens with one attached hydrogen (secondary N) is 1. The van der Waals surface area contributed by atoms with Crippen LogP contribution in [0, 0.1) is 15.5 Å². The number of non-ortho nitro benzene ring substituents is 1. The molecule has 0 saturated heterocycles. The van der Waals surface area contributed by atoms with E-state index >= 15 is 0 Å². The first-order chi connectivity index (χ1) is 11.0. The topological polar surface area (TPSA) is 98.3 Å². The molecular weight excluding hydrogens is 330 g/mol. The van der Waals surface area contributed by atoms with E-state index in [9.17, 15) is 14.9 Å². The largest absolute Gasteiger partial charge is 0.350 e. The van der Waals surface area contributed by atoms with E-state index in [0.717, 1.165) is 31.2 Å². The zero-order valence-corrected chi connectivity index (χ0v) is 14.8. The van der Waals surface area contributed by atoms with Crippen LogP contribution in [0.1, 0.15) is 57.1 Å². The molecule has 1 amide bonds. The molecule has 3 N–H and O–H groups in total. The molecule has 1 aliphatic rings. The molecule has 1 aliphatic carbocycles. The van der Waals surface area contributed by atoms with Gasteiger partial charge in [0.25, 0.3) is 5.69 Å². The van der Waals surface area contributed by atoms with Gasteiger partial charge in [0.1, 0.15) is 0 Å². The van der Waals surface area contributed by atoms with Gasteiger partial charge in [-0.05, 0) is 37.3 Å². The number of nitro benzene ring substituents is 1. The summed E-state index contributed by atoms with van der Waals surface area (Å²) in [5, 5.41) is 13.8. The van der Waals surface area contributed by atoms with Crippen LogP contribution in [0.5, 0.6) is 0 Å². The normalized spacial score (nSPS) is 17.4. The molecule has 0 heterocycles. The van der Waals surface area contributed by atoms with Gasteiger partial charge in [0.2, 0.25) is 5.91 Å². The molecule has 1 aromatic carbocycles. The van der Waals surface area contributed by atoms with Crippen molar-refractivity contribution in [3.63, 3.8) is 0 Å². The lowest BCUT2D eigenvalue weighted by atomic mass is 9.71. The van der Waals surface area contributed by atoms with Gasteiger partial charge >= 0.3 is 0 Å². The van der Waals surface area contributed by atoms with E-state index in [1.807, 2.05) is 6.92 Å². The summed E-state index contributed by atoms with van der Waals surface area (Å²) in [6.45, 7) is 2.37. The number of nitro groups is 1. The molecule has 0 bridgehead atoms. The third-order valence-corrected chi connectivity index (χ3v) is 4.84. The molecule has 1 atom stereocenters. The first-order valence-electron chi connectivity index (χ1n) is 8.19. The van der Waals surface area contributed by atoms with Crippen LogP contribution in [0.15, 0.2) is 24.3 Å². The van der Waals surface area contributed by atoms with Crippen molar-refractivity contribution in [3.05, 3.63) is 39.9 Å². The van der Waals surface area contributed by atoms with Gasteiger partial charge in [-0.25, -0.2) is 0 Å². The van der Waals surface area contributed by atoms with Crippen molar-refractivity contribution in [1.29, 1.82) is 0 Å². The summed E-state index contributed by atoms with van der Waals surface area (Å²) in [4.78, 5) is 22.8. The minimum Gasteiger partial charge on any atom is -0.350 e. The molecule has 24 heavy (non-hydrogen) atoms. The summed E-state index contributed by atoms with van der Waals surface area (Å²) >= 11 is 0. The van der Waals surface area contributed by atoms with Crippen LogP contribution in [0.2, 0.25) is 0 Å². The highest BCUT2D eigenvalue weighted by molar-refractivity contribution is 5.85. The molecule has 1 aromatic rings. The highest BCUT2D eigenvalue weighted by Crippen LogP contribution is 2.38. The molecule has 1 fully saturated rings. The quantitative estimate of drug-likeness (QED) is 0.602. The van der Waals surface area contributed by atoms with Crippen molar-refractivity contribution in [1.82, 2.24) is 5.32 Å². The summed E-state index contributed by atoms with van der Waals surface area (Å²) in [5.74, 6) is -0.0312. The van der Waals surface area contributed by atoms with E-state index in [0.29, 0.717) is 13.0 Å². The average Bonchev–Trinajstić information content (AvgIpc) is 2.55. The predicted octanol–water partition coefficient (Wildman–Crippen LogP) is 3.49. The van der Waals surface area contributed by atoms with Crippen molar-refractivity contribution < 1.29 is 9.72 Å². The summed E-state index contributed by atoms with van der Waals surface area (Å²) < 4.78 is 0. The molecule has 0 spiro atoms. The Labute approximate surface area is 148 Å². The van der Waals surface area contributed by atoms with Crippen molar-refractivity contribution in [2.75, 3.05) is 6.54 Å². The second-order valence-corrected chi connectivity index (χ2v) is 6.58. The van der Waals surface area contributed by atoms with Gasteiger partial charge in [0.15, 0.2) is 0 Å². The standard InChI is InChI=1S/C17H25N3O3.ClH/c1-13(14-6-5-7-15(10-14)20(22)23)19-16(21)11-17(12-18)8-3-2-4-9-17;/h5-7,10,13H,2-4,8-9,11-12,18H2,1H3,(H,19,21);1H. The SMILES string of the molecule is CC(NC(=O)CC1(CN)CCCCC1)c1cccc([N+](=O)[O-])c1.Cl. The lowest BCUT2D eigenvalue weighted by Crippen LogP contribution is -2.39. The Morgan fingerprint density at radius 2 is 2.04 bits per heavy atom. The lowest BCUT2D eigenvalue weighted by Gasteiger charge is -2.36. The minimum absolute atomic E-state index is 0. The molecular formula is C17H26ClN3O3. The molecule has 0 radical (unpaired) electrons. The summed E-state index contributed by atoms with van der Waals surface area (Å²) in [5.41, 5.74) is 6.62. The third-order valence-electron chi connectivity index (χ3n) is 4.84. The second-order valence-electron chi connectivity index (χ2n) is 6.58. The van der Waals surface area contributed by atoms with Crippen molar-refractivity contribution >= 4 is 24.0 Å². The van der Waals surface area contributed by atoms with Gasteiger partial charge in [-0.15, -0.1) is 12.4 Å². The maximum atomic E-state index is 12.4. The molecule has 2 rings (SSSR count). The highest BCUT2D eigenvalue weighted by Gasteiger charge is 2.33. The summed E-state index contributed by atoms with van der Waals surface area (Å²) in [6.07, 6.45) is 5.91. The van der Waals surface area contributed by atoms with Gasteiger partial charge in [0, 0.05) is 18.6 Å². The number of carbonyl (C=O) groups is 1. The van der Waals surface area contributed by atoms with E-state index in [-0.39, 0.29) is 35.5 Å². The maximum Gasteiger partial charge on any atom is 0.269 e. The number of benzene rings is 1. The summed E-state index contributed by atoms with van der Waals surface area (Å²) in [6, 6.07) is 6.12. The molecule has 6 nitrogen and oxygen atoms in total. The second kappa shape index (κ2) is 8.99. The Bertz CT molecular complexity index is 574. The molecule has 1 unspecified atom stereocenters. The zero-order chi connectivity index (χ0) is 16.9. The Morgan fingerprint density at radius 1 is 1.38 bits per heavy atom. The van der Waals surface area contributed by atoms with E-state index in [2.05, 4.69) is 5.32 Å². The van der Waals surface area contributed by atoms with Gasteiger partial charge in [-0.1, -0.05) is 31.4 Å². The van der Waals surface area contributed by atoms with Crippen LogP contribution in [-0.2, 0) is 4.79 Å². The van der Waals surface area contributed by atoms with E-state index < -0.39 is 4.92 Å². The lowest BCUT2D eigenvalue weighted by molar-refractivity contribution is -0.384. The van der Waals surface area contributed by atoms with Crippen molar-refractivity contribution in [2.45, 2.75) is 51.5 Å². The number of nitrogens with two attached hydrogens (primary N) is 1. The molecule has 0 aliphatic heterocycles. The number of rotatable bonds is 6. The highest BCUT2D eigenvalue weighted by atomic mass is 35.5. The van der Waals surface area contributed by atoms with E-state index in [1.165, 1.54) is 18.6 Å². The smallest absolute Gasteiger partial charge is 0.269 e. The zero-order valence-electron chi connectivity index (χ0n) is 14.0. The van der Waals surface area contributed by atoms with Crippen LogP contribution >= 0.6 is 12.4 Å². The number of hydrogen-bond acceptors (Lipinski definition) is 4. The fourth-order valence-electron chi connectivity index (χ4n) is 3.38. The third kappa shape index (κ3) is 5.18. The number of amides is 1. The molecule has 134 valence electrons. The van der Waals surface area contributed by atoms with Crippen LogP contribution in [0.3, 0.4) is 0 Å². The van der Waals surface area contributed by atoms with Crippen LogP contribution in [-0.4, -0.2) is 17.4 Å². The first kappa shape index (κ1) is 20.4. The number of carbonyl (C=O) groups excluding carboxylic acids is 1. The van der Waals surface area contributed by atoms with Gasteiger partial charge in [-0.2, -0.15) is 0 Å². The first-order valence-corrected chi connectivity index (χ1v) is 8.19. The van der Waals surface area contributed by atoms with Gasteiger partial charge in [0.05, 0.1) is 11.0 Å². The van der Waals surface area contributed by atoms with E-state index in [4.69, 9.17) is 5.73 Å². The molecule has 1 saturated carbocycles. The number of halogens is 1. The van der Waals surface area contributed by atoms with Gasteiger partial charge < -0.3 is 11.1 Å². The fourth-order valence-corrected chi connectivity index (χ4v) is 3.38. The molecule has 7 heteroatoms. The van der Waals surface area contributed by atoms with Crippen LogP contribution < -0.4 is 11.1 Å². The van der Waals surface area contributed by atoms with Gasteiger partial charge in [-0.3, -0.25) is 14.9 Å². The number of nitrogens with zero attached hydrogens (tertiary/aromatic N) is 1. The molecule has 0 aromatic heterocycles. The fraction of sp³-hybridized carbons (Fsp3) is 0.588. The average molecular weight is 356 g/mol. The van der Waals surface area contributed by atoms with E-state index in [1.54, 1.807) is 12.1 Å². The van der Waals surface area contributed by atoms with Crippen LogP contribution in [0.4, 0.5) is 5.69 Å². The predicted molar refractivity (Wildman–Crippen MR) is 96.1 cm³/mol. The monoisotopic (exact) mass is 355 g/mol. The Balaban J connectivity index is 0.00000288. The minimum atomic E-state index is -0.427. The van der Waals surface area contributed by atoms with Crippen molar-refractivity contribution in [2.24, 2.45) is 11.1 Å². The maximum absolute atomic E-state index is 12.4. The Morgan fingerprint density at radius 3 is 2.62 bits per heavy atom. The Hall–Kier alpha value is -1.66. The Kier molecular flexibility index (Phi) is 7.63. The van der Waals surface area contributed by atoms with Crippen molar-refractivity contribution in [3.8, 4) is 0 Å².